The first-order chi connectivity index (χ1) is 22.5. The molecule has 0 aliphatic carbocycles. The van der Waals surface area contributed by atoms with Crippen molar-refractivity contribution in [3.63, 3.8) is 0 Å². The normalized spacial score (nSPS) is 11.3. The summed E-state index contributed by atoms with van der Waals surface area (Å²) in [7, 11) is 0. The van der Waals surface area contributed by atoms with Crippen LogP contribution in [0, 0.1) is 52.4 Å². The number of benzene rings is 5. The van der Waals surface area contributed by atoms with Crippen LogP contribution in [-0.4, -0.2) is 5.11 Å². The second-order valence-corrected chi connectivity index (χ2v) is 10.5. The maximum atomic E-state index is 15.1. The Labute approximate surface area is 270 Å². The average molecular weight is 705 g/mol. The largest absolute Gasteiger partial charge is 0.508 e. The van der Waals surface area contributed by atoms with Gasteiger partial charge in [0.25, 0.3) is 0 Å². The van der Waals surface area contributed by atoms with Crippen molar-refractivity contribution in [2.75, 3.05) is 0 Å². The Morgan fingerprint density at radius 2 is 1.08 bits per heavy atom. The molecule has 0 aromatic heterocycles. The molecule has 252 valence electrons. The van der Waals surface area contributed by atoms with E-state index in [1.165, 1.54) is 6.07 Å². The molecule has 5 aromatic rings. The highest BCUT2D eigenvalue weighted by molar-refractivity contribution is 6.33. The highest BCUT2D eigenvalue weighted by Gasteiger charge is 2.42. The van der Waals surface area contributed by atoms with Crippen LogP contribution in [0.3, 0.4) is 0 Å². The first kappa shape index (κ1) is 36.1. The number of hydrogen-bond donors (Lipinski definition) is 1. The molecule has 0 bridgehead atoms. The maximum absolute atomic E-state index is 15.1. The van der Waals surface area contributed by atoms with E-state index in [0.717, 1.165) is 24.5 Å². The lowest BCUT2D eigenvalue weighted by atomic mass is 9.97. The fourth-order valence-corrected chi connectivity index (χ4v) is 4.81. The van der Waals surface area contributed by atoms with Crippen LogP contribution in [0.4, 0.5) is 48.3 Å². The third-order valence-corrected chi connectivity index (χ3v) is 6.96. The zero-order valence-corrected chi connectivity index (χ0v) is 25.0. The van der Waals surface area contributed by atoms with E-state index >= 15 is 4.39 Å². The Bertz CT molecular complexity index is 1870. The van der Waals surface area contributed by atoms with Crippen molar-refractivity contribution in [3.8, 4) is 33.8 Å². The van der Waals surface area contributed by atoms with Gasteiger partial charge in [-0.3, -0.25) is 0 Å². The molecule has 0 aliphatic rings. The van der Waals surface area contributed by atoms with Crippen molar-refractivity contribution in [2.24, 2.45) is 0 Å². The molecule has 0 saturated heterocycles. The van der Waals surface area contributed by atoms with Gasteiger partial charge >= 0.3 is 6.11 Å². The van der Waals surface area contributed by atoms with Crippen LogP contribution in [0.25, 0.3) is 22.3 Å². The predicted octanol–water partition coefficient (Wildman–Crippen LogP) is 11.4. The highest BCUT2D eigenvalue weighted by atomic mass is 35.5. The lowest BCUT2D eigenvalue weighted by molar-refractivity contribution is -0.189. The zero-order valence-electron chi connectivity index (χ0n) is 24.2. The van der Waals surface area contributed by atoms with Gasteiger partial charge < -0.3 is 9.84 Å². The highest BCUT2D eigenvalue weighted by Crippen LogP contribution is 2.40. The van der Waals surface area contributed by atoms with E-state index in [9.17, 15) is 43.9 Å². The van der Waals surface area contributed by atoms with E-state index in [1.807, 2.05) is 19.1 Å². The van der Waals surface area contributed by atoms with Gasteiger partial charge in [0.15, 0.2) is 34.9 Å². The Hall–Kier alpha value is -4.78. The minimum absolute atomic E-state index is 0.0879. The number of aromatic hydroxyl groups is 1. The van der Waals surface area contributed by atoms with Gasteiger partial charge in [0.2, 0.25) is 0 Å². The van der Waals surface area contributed by atoms with Crippen molar-refractivity contribution in [2.45, 2.75) is 25.9 Å². The van der Waals surface area contributed by atoms with E-state index in [-0.39, 0.29) is 17.2 Å². The smallest absolute Gasteiger partial charge is 0.432 e. The molecular weight excluding hydrogens is 685 g/mol. The number of hydrogen-bond acceptors (Lipinski definition) is 2. The Kier molecular flexibility index (Phi) is 10.9. The molecule has 0 aliphatic heterocycles. The number of phenols is 1. The number of alkyl halides is 2. The van der Waals surface area contributed by atoms with Gasteiger partial charge in [0, 0.05) is 29.8 Å². The van der Waals surface area contributed by atoms with E-state index in [4.69, 9.17) is 16.7 Å². The number of phenolic OH excluding ortho intramolecular Hbond substituents is 1. The van der Waals surface area contributed by atoms with Gasteiger partial charge in [0.05, 0.1) is 5.02 Å². The molecule has 0 heterocycles. The van der Waals surface area contributed by atoms with Gasteiger partial charge in [-0.05, 0) is 52.9 Å². The molecule has 0 saturated carbocycles. The molecule has 0 fully saturated rings. The fourth-order valence-electron chi connectivity index (χ4n) is 4.50. The standard InChI is InChI=1S/C28H17ClF8O.C6H3F3O/c1-2-3-14-4-6-15(7-5-14)16-8-19(29)25(20(30)9-16)17-10-21(31)26(22(32)11-17)28(36,37)38-18-12-23(33)27(35)24(34)13-18;7-4-1-3(10)2-5(8)6(4)9/h4-13H,2-3H2,1H3;1-2,10H. The van der Waals surface area contributed by atoms with Crippen LogP contribution < -0.4 is 4.74 Å². The minimum Gasteiger partial charge on any atom is -0.508 e. The summed E-state index contributed by atoms with van der Waals surface area (Å²) < 4.78 is 154. The van der Waals surface area contributed by atoms with Crippen LogP contribution >= 0.6 is 11.6 Å². The zero-order chi connectivity index (χ0) is 35.5. The van der Waals surface area contributed by atoms with Gasteiger partial charge in [-0.15, -0.1) is 0 Å². The number of halogens is 12. The molecule has 5 rings (SSSR count). The van der Waals surface area contributed by atoms with Crippen molar-refractivity contribution in [3.05, 3.63) is 141 Å². The first-order valence-electron chi connectivity index (χ1n) is 13.7. The molecule has 48 heavy (non-hydrogen) atoms. The molecule has 14 heteroatoms. The molecule has 1 N–H and O–H groups in total. The summed E-state index contributed by atoms with van der Waals surface area (Å²) in [4.78, 5) is 0. The molecule has 5 aromatic carbocycles. The molecule has 0 atom stereocenters. The van der Waals surface area contributed by atoms with Crippen molar-refractivity contribution >= 4 is 11.6 Å². The third-order valence-electron chi connectivity index (χ3n) is 6.66. The Morgan fingerprint density at radius 1 is 0.604 bits per heavy atom. The van der Waals surface area contributed by atoms with Crippen molar-refractivity contribution in [1.29, 1.82) is 0 Å². The topological polar surface area (TPSA) is 29.5 Å². The molecule has 2 nitrogen and oxygen atoms in total. The van der Waals surface area contributed by atoms with E-state index in [1.54, 1.807) is 12.1 Å². The predicted molar refractivity (Wildman–Crippen MR) is 155 cm³/mol. The Morgan fingerprint density at radius 3 is 1.56 bits per heavy atom. The van der Waals surface area contributed by atoms with Gasteiger partial charge in [0.1, 0.15) is 34.5 Å². The molecular formula is C34H20ClF11O2. The summed E-state index contributed by atoms with van der Waals surface area (Å²) in [5, 5.41) is 8.24. The van der Waals surface area contributed by atoms with Crippen LogP contribution in [0.1, 0.15) is 24.5 Å². The van der Waals surface area contributed by atoms with Crippen LogP contribution in [0.5, 0.6) is 11.5 Å². The van der Waals surface area contributed by atoms with Crippen LogP contribution in [0.15, 0.2) is 72.8 Å². The van der Waals surface area contributed by atoms with Gasteiger partial charge in [-0.1, -0.05) is 49.2 Å². The quantitative estimate of drug-likeness (QED) is 0.135. The number of ether oxygens (including phenoxy) is 1. The van der Waals surface area contributed by atoms with Crippen molar-refractivity contribution in [1.82, 2.24) is 0 Å². The number of aryl methyl sites for hydroxylation is 1. The van der Waals surface area contributed by atoms with E-state index in [2.05, 4.69) is 4.74 Å². The summed E-state index contributed by atoms with van der Waals surface area (Å²) in [6.07, 6.45) is -2.97. The number of rotatable bonds is 7. The minimum atomic E-state index is -4.78. The van der Waals surface area contributed by atoms with E-state index < -0.39 is 86.7 Å². The Balaban J connectivity index is 0.000000445. The van der Waals surface area contributed by atoms with E-state index in [0.29, 0.717) is 35.4 Å². The fraction of sp³-hybridized carbons (Fsp3) is 0.118. The molecule has 0 unspecified atom stereocenters. The summed E-state index contributed by atoms with van der Waals surface area (Å²) in [5.74, 6) is -16.5. The summed E-state index contributed by atoms with van der Waals surface area (Å²) in [6.45, 7) is 2.03. The second kappa shape index (κ2) is 14.5. The SMILES string of the molecule is CCCc1ccc(-c2cc(F)c(-c3cc(F)c(C(F)(F)Oc4cc(F)c(F)c(F)c4)c(F)c3)c(Cl)c2)cc1.Oc1cc(F)c(F)c(F)c1. The van der Waals surface area contributed by atoms with Crippen LogP contribution in [-0.2, 0) is 12.5 Å². The lowest BCUT2D eigenvalue weighted by Crippen LogP contribution is -2.25. The second-order valence-electron chi connectivity index (χ2n) is 10.1. The third kappa shape index (κ3) is 8.01. The first-order valence-corrected chi connectivity index (χ1v) is 14.0. The average Bonchev–Trinajstić information content (AvgIpc) is 2.98. The summed E-state index contributed by atoms with van der Waals surface area (Å²) in [6, 6.07) is 11.8. The van der Waals surface area contributed by atoms with Crippen LogP contribution in [0.2, 0.25) is 5.02 Å². The summed E-state index contributed by atoms with van der Waals surface area (Å²) >= 11 is 6.22. The molecule has 0 amide bonds. The van der Waals surface area contributed by atoms with Gasteiger partial charge in [-0.2, -0.15) is 8.78 Å². The van der Waals surface area contributed by atoms with Gasteiger partial charge in [-0.25, -0.2) is 39.5 Å². The maximum Gasteiger partial charge on any atom is 0.432 e. The monoisotopic (exact) mass is 704 g/mol. The summed E-state index contributed by atoms with van der Waals surface area (Å²) in [5.41, 5.74) is -0.723. The molecule has 0 spiro atoms. The molecule has 0 radical (unpaired) electrons. The van der Waals surface area contributed by atoms with Crippen molar-refractivity contribution < 1.29 is 58.1 Å². The lowest BCUT2D eigenvalue weighted by Gasteiger charge is -2.20.